The van der Waals surface area contributed by atoms with Crippen LogP contribution in [0.15, 0.2) is 51.9 Å². The average Bonchev–Trinajstić information content (AvgIpc) is 3.47. The maximum atomic E-state index is 13.1. The van der Waals surface area contributed by atoms with Crippen LogP contribution < -0.4 is 15.8 Å². The van der Waals surface area contributed by atoms with Crippen molar-refractivity contribution in [2.75, 3.05) is 24.5 Å². The summed E-state index contributed by atoms with van der Waals surface area (Å²) >= 11 is 0. The molecule has 0 bridgehead atoms. The highest BCUT2D eigenvalue weighted by atomic mass is 16.4. The average molecular weight is 410 g/mol. The van der Waals surface area contributed by atoms with Crippen LogP contribution in [0.3, 0.4) is 0 Å². The summed E-state index contributed by atoms with van der Waals surface area (Å²) in [5.41, 5.74) is 1.32. The van der Waals surface area contributed by atoms with Gasteiger partial charge in [0.2, 0.25) is 5.91 Å². The first kappa shape index (κ1) is 20.2. The van der Waals surface area contributed by atoms with Crippen molar-refractivity contribution in [3.8, 4) is 0 Å². The minimum Gasteiger partial charge on any atom is -0.467 e. The molecule has 2 N–H and O–H groups in total. The monoisotopic (exact) mass is 410 g/mol. The van der Waals surface area contributed by atoms with Crippen molar-refractivity contribution >= 4 is 22.8 Å². The van der Waals surface area contributed by atoms with Crippen LogP contribution in [0, 0.1) is 0 Å². The number of benzene rings is 1. The molecule has 30 heavy (non-hydrogen) atoms. The van der Waals surface area contributed by atoms with Crippen molar-refractivity contribution in [3.63, 3.8) is 0 Å². The first-order valence-electron chi connectivity index (χ1n) is 10.4. The fourth-order valence-electron chi connectivity index (χ4n) is 3.81. The first-order chi connectivity index (χ1) is 14.6. The molecule has 1 unspecified atom stereocenters. The van der Waals surface area contributed by atoms with Gasteiger partial charge in [-0.3, -0.25) is 9.59 Å². The van der Waals surface area contributed by atoms with E-state index in [1.165, 1.54) is 6.26 Å². The lowest BCUT2D eigenvalue weighted by atomic mass is 10.2. The topological polar surface area (TPSA) is 101 Å². The second-order valence-corrected chi connectivity index (χ2v) is 7.49. The Morgan fingerprint density at radius 3 is 2.77 bits per heavy atom. The molecule has 3 heterocycles. The fourth-order valence-corrected chi connectivity index (χ4v) is 3.81. The van der Waals surface area contributed by atoms with Crippen LogP contribution >= 0.6 is 0 Å². The molecule has 0 saturated carbocycles. The summed E-state index contributed by atoms with van der Waals surface area (Å²) in [6.45, 7) is 2.26. The van der Waals surface area contributed by atoms with Gasteiger partial charge in [-0.2, -0.15) is 0 Å². The largest absolute Gasteiger partial charge is 0.467 e. The molecule has 4 rings (SSSR count). The highest BCUT2D eigenvalue weighted by molar-refractivity contribution is 5.78. The number of para-hydroxylation sites is 2. The van der Waals surface area contributed by atoms with Crippen LogP contribution in [0.25, 0.3) is 11.0 Å². The first-order valence-corrected chi connectivity index (χ1v) is 10.4. The van der Waals surface area contributed by atoms with Gasteiger partial charge in [-0.25, -0.2) is 4.98 Å². The maximum Gasteiger partial charge on any atom is 0.294 e. The van der Waals surface area contributed by atoms with Crippen molar-refractivity contribution in [2.45, 2.75) is 38.3 Å². The Bertz CT molecular complexity index is 1050. The summed E-state index contributed by atoms with van der Waals surface area (Å²) in [6.07, 6.45) is 3.39. The van der Waals surface area contributed by atoms with Crippen LogP contribution in [0.1, 0.15) is 37.5 Å². The smallest absolute Gasteiger partial charge is 0.294 e. The van der Waals surface area contributed by atoms with Crippen LogP contribution in [0.4, 0.5) is 5.82 Å². The number of rotatable bonds is 8. The molecule has 1 aliphatic heterocycles. The molecule has 158 valence electrons. The van der Waals surface area contributed by atoms with Crippen molar-refractivity contribution < 1.29 is 14.3 Å². The number of aryl methyl sites for hydroxylation is 1. The molecular formula is C22H26N4O4. The third-order valence-corrected chi connectivity index (χ3v) is 5.41. The number of nitrogens with one attached hydrogen (secondary N) is 1. The number of amides is 1. The zero-order chi connectivity index (χ0) is 20.9. The molecule has 0 aliphatic carbocycles. The van der Waals surface area contributed by atoms with Crippen molar-refractivity contribution in [2.24, 2.45) is 0 Å². The Morgan fingerprint density at radius 1 is 1.20 bits per heavy atom. The van der Waals surface area contributed by atoms with E-state index >= 15 is 0 Å². The van der Waals surface area contributed by atoms with Gasteiger partial charge in [0, 0.05) is 32.6 Å². The summed E-state index contributed by atoms with van der Waals surface area (Å²) < 4.78 is 6.80. The number of aliphatic hydroxyl groups excluding tert-OH is 1. The van der Waals surface area contributed by atoms with E-state index in [1.54, 1.807) is 16.7 Å². The minimum absolute atomic E-state index is 0.156. The maximum absolute atomic E-state index is 13.1. The third kappa shape index (κ3) is 4.38. The summed E-state index contributed by atoms with van der Waals surface area (Å²) in [7, 11) is 0. The number of furan rings is 1. The standard InChI is InChI=1S/C22H26N4O4/c27-18(19-8-5-15-30-19)9-11-23-20(28)10-14-26-17-7-2-1-6-16(17)24-21(22(26)29)25-12-3-4-13-25/h1-2,5-8,15,18,27H,3-4,9-14H2,(H,23,28). The molecule has 1 fully saturated rings. The lowest BCUT2D eigenvalue weighted by Crippen LogP contribution is -2.33. The minimum atomic E-state index is -0.755. The van der Waals surface area contributed by atoms with Gasteiger partial charge in [0.1, 0.15) is 11.9 Å². The van der Waals surface area contributed by atoms with Crippen molar-refractivity contribution in [3.05, 3.63) is 58.8 Å². The molecule has 1 saturated heterocycles. The highest BCUT2D eigenvalue weighted by Gasteiger charge is 2.20. The van der Waals surface area contributed by atoms with Gasteiger partial charge in [0.05, 0.1) is 17.3 Å². The molecule has 1 atom stereocenters. The van der Waals surface area contributed by atoms with E-state index in [1.807, 2.05) is 29.2 Å². The summed E-state index contributed by atoms with van der Waals surface area (Å²) in [4.78, 5) is 32.0. The molecule has 0 spiro atoms. The number of aromatic nitrogens is 2. The molecule has 8 heteroatoms. The van der Waals surface area contributed by atoms with Crippen LogP contribution in [-0.2, 0) is 11.3 Å². The van der Waals surface area contributed by atoms with Gasteiger partial charge in [0.25, 0.3) is 5.56 Å². The SMILES string of the molecule is O=C(CCn1c(=O)c(N2CCCC2)nc2ccccc21)NCCC(O)c1ccco1. The van der Waals surface area contributed by atoms with Gasteiger partial charge < -0.3 is 24.3 Å². The lowest BCUT2D eigenvalue weighted by Gasteiger charge is -2.19. The lowest BCUT2D eigenvalue weighted by molar-refractivity contribution is -0.121. The molecule has 8 nitrogen and oxygen atoms in total. The predicted octanol–water partition coefficient (Wildman–Crippen LogP) is 2.22. The van der Waals surface area contributed by atoms with Gasteiger partial charge in [-0.05, 0) is 43.5 Å². The number of carbonyl (C=O) groups excluding carboxylic acids is 1. The fraction of sp³-hybridized carbons (Fsp3) is 0.409. The Kier molecular flexibility index (Phi) is 6.13. The van der Waals surface area contributed by atoms with E-state index < -0.39 is 6.10 Å². The van der Waals surface area contributed by atoms with E-state index in [4.69, 9.17) is 4.42 Å². The molecule has 0 radical (unpaired) electrons. The highest BCUT2D eigenvalue weighted by Crippen LogP contribution is 2.19. The Balaban J connectivity index is 1.42. The summed E-state index contributed by atoms with van der Waals surface area (Å²) in [5.74, 6) is 0.777. The van der Waals surface area contributed by atoms with Crippen LogP contribution in [0.2, 0.25) is 0 Å². The van der Waals surface area contributed by atoms with E-state index in [2.05, 4.69) is 10.3 Å². The third-order valence-electron chi connectivity index (χ3n) is 5.41. The zero-order valence-corrected chi connectivity index (χ0v) is 16.8. The molecule has 1 amide bonds. The van der Waals surface area contributed by atoms with E-state index in [0.29, 0.717) is 24.5 Å². The normalized spacial score (nSPS) is 14.9. The Morgan fingerprint density at radius 2 is 2.00 bits per heavy atom. The molecule has 1 aliphatic rings. The molecule has 3 aromatic rings. The van der Waals surface area contributed by atoms with E-state index in [0.717, 1.165) is 37.0 Å². The number of hydrogen-bond acceptors (Lipinski definition) is 6. The van der Waals surface area contributed by atoms with Crippen molar-refractivity contribution in [1.29, 1.82) is 0 Å². The van der Waals surface area contributed by atoms with E-state index in [9.17, 15) is 14.7 Å². The number of hydrogen-bond donors (Lipinski definition) is 2. The van der Waals surface area contributed by atoms with Crippen LogP contribution in [0.5, 0.6) is 0 Å². The summed E-state index contributed by atoms with van der Waals surface area (Å²) in [5, 5.41) is 12.8. The predicted molar refractivity (Wildman–Crippen MR) is 113 cm³/mol. The second-order valence-electron chi connectivity index (χ2n) is 7.49. The van der Waals surface area contributed by atoms with Gasteiger partial charge in [-0.15, -0.1) is 0 Å². The summed E-state index contributed by atoms with van der Waals surface area (Å²) in [6, 6.07) is 10.9. The van der Waals surface area contributed by atoms with Crippen LogP contribution in [-0.4, -0.2) is 40.2 Å². The van der Waals surface area contributed by atoms with Gasteiger partial charge >= 0.3 is 0 Å². The molecule has 1 aromatic carbocycles. The van der Waals surface area contributed by atoms with Gasteiger partial charge in [-0.1, -0.05) is 12.1 Å². The molecule has 2 aromatic heterocycles. The zero-order valence-electron chi connectivity index (χ0n) is 16.8. The van der Waals surface area contributed by atoms with E-state index in [-0.39, 0.29) is 24.4 Å². The number of anilines is 1. The number of fused-ring (bicyclic) bond motifs is 1. The quantitative estimate of drug-likeness (QED) is 0.591. The Labute approximate surface area is 174 Å². The Hall–Kier alpha value is -3.13. The molecular weight excluding hydrogens is 384 g/mol. The van der Waals surface area contributed by atoms with Crippen molar-refractivity contribution in [1.82, 2.24) is 14.9 Å². The second kappa shape index (κ2) is 9.13. The number of aliphatic hydroxyl groups is 1. The van der Waals surface area contributed by atoms with Gasteiger partial charge in [0.15, 0.2) is 5.82 Å². The number of carbonyl (C=O) groups is 1. The number of nitrogens with zero attached hydrogens (tertiary/aromatic N) is 3.